The highest BCUT2D eigenvalue weighted by atomic mass is 16.7. The van der Waals surface area contributed by atoms with Gasteiger partial charge in [-0.05, 0) is 19.9 Å². The molecule has 0 aliphatic rings. The van der Waals surface area contributed by atoms with Crippen LogP contribution in [-0.4, -0.2) is 19.5 Å². The van der Waals surface area contributed by atoms with Crippen LogP contribution in [0.4, 0.5) is 0 Å². The van der Waals surface area contributed by atoms with Crippen LogP contribution in [0.5, 0.6) is 0 Å². The van der Waals surface area contributed by atoms with Gasteiger partial charge in [0.15, 0.2) is 6.29 Å². The fourth-order valence-corrected chi connectivity index (χ4v) is 0.657. The minimum absolute atomic E-state index is 0.219. The Morgan fingerprint density at radius 2 is 1.82 bits per heavy atom. The summed E-state index contributed by atoms with van der Waals surface area (Å²) in [6, 6.07) is 0. The first-order valence-electron chi connectivity index (χ1n) is 3.87. The molecule has 0 aromatic heterocycles. The molecule has 0 fully saturated rings. The van der Waals surface area contributed by atoms with E-state index in [1.54, 1.807) is 6.08 Å². The van der Waals surface area contributed by atoms with Crippen LogP contribution in [0, 0.1) is 0 Å². The third kappa shape index (κ3) is 5.83. The zero-order valence-electron chi connectivity index (χ0n) is 7.25. The molecule has 0 unspecified atom stereocenters. The van der Waals surface area contributed by atoms with E-state index in [-0.39, 0.29) is 6.29 Å². The zero-order valence-corrected chi connectivity index (χ0v) is 7.25. The molecule has 0 saturated heterocycles. The van der Waals surface area contributed by atoms with Crippen molar-refractivity contribution >= 4 is 0 Å². The molecule has 0 amide bonds. The number of allylic oxidation sites excluding steroid dienone is 2. The molecule has 0 rings (SSSR count). The molecule has 0 atom stereocenters. The first kappa shape index (κ1) is 10.4. The van der Waals surface area contributed by atoms with Crippen LogP contribution in [0.1, 0.15) is 13.8 Å². The van der Waals surface area contributed by atoms with E-state index in [1.165, 1.54) is 0 Å². The van der Waals surface area contributed by atoms with E-state index in [1.807, 2.05) is 26.0 Å². The van der Waals surface area contributed by atoms with Gasteiger partial charge in [0, 0.05) is 13.2 Å². The van der Waals surface area contributed by atoms with Crippen LogP contribution in [0.2, 0.25) is 0 Å². The predicted molar refractivity (Wildman–Crippen MR) is 46.4 cm³/mol. The molecule has 0 aliphatic heterocycles. The average Bonchev–Trinajstić information content (AvgIpc) is 2.01. The van der Waals surface area contributed by atoms with Gasteiger partial charge >= 0.3 is 0 Å². The van der Waals surface area contributed by atoms with E-state index in [4.69, 9.17) is 9.47 Å². The molecule has 64 valence electrons. The summed E-state index contributed by atoms with van der Waals surface area (Å²) in [6.45, 7) is 8.75. The maximum absolute atomic E-state index is 5.23. The Labute approximate surface area is 68.5 Å². The van der Waals surface area contributed by atoms with E-state index in [9.17, 15) is 0 Å². The minimum Gasteiger partial charge on any atom is -0.349 e. The van der Waals surface area contributed by atoms with Crippen molar-refractivity contribution in [3.8, 4) is 0 Å². The third-order valence-corrected chi connectivity index (χ3v) is 1.07. The lowest BCUT2D eigenvalue weighted by atomic mass is 10.5. The summed E-state index contributed by atoms with van der Waals surface area (Å²) >= 11 is 0. The SMILES string of the molecule is C=C/C=C/C(OCC)OCC. The number of hydrogen-bond donors (Lipinski definition) is 0. The van der Waals surface area contributed by atoms with Crippen molar-refractivity contribution in [3.63, 3.8) is 0 Å². The minimum atomic E-state index is -0.219. The molecule has 2 heteroatoms. The lowest BCUT2D eigenvalue weighted by molar-refractivity contribution is -0.103. The highest BCUT2D eigenvalue weighted by molar-refractivity contribution is 4.98. The maximum atomic E-state index is 5.23. The molecule has 0 aliphatic carbocycles. The lowest BCUT2D eigenvalue weighted by Crippen LogP contribution is -2.13. The van der Waals surface area contributed by atoms with Crippen molar-refractivity contribution < 1.29 is 9.47 Å². The van der Waals surface area contributed by atoms with E-state index in [0.717, 1.165) is 0 Å². The molecule has 2 nitrogen and oxygen atoms in total. The first-order valence-corrected chi connectivity index (χ1v) is 3.87. The van der Waals surface area contributed by atoms with E-state index < -0.39 is 0 Å². The summed E-state index contributed by atoms with van der Waals surface area (Å²) in [4.78, 5) is 0. The fraction of sp³-hybridized carbons (Fsp3) is 0.556. The second kappa shape index (κ2) is 7.51. The van der Waals surface area contributed by atoms with Crippen molar-refractivity contribution in [3.05, 3.63) is 24.8 Å². The van der Waals surface area contributed by atoms with Gasteiger partial charge in [-0.1, -0.05) is 18.7 Å². The highest BCUT2D eigenvalue weighted by Crippen LogP contribution is 1.96. The summed E-state index contributed by atoms with van der Waals surface area (Å²) in [5.74, 6) is 0. The Morgan fingerprint density at radius 1 is 1.27 bits per heavy atom. The van der Waals surface area contributed by atoms with Gasteiger partial charge in [0.1, 0.15) is 0 Å². The standard InChI is InChI=1S/C9H16O2/c1-4-7-8-9(10-5-2)11-6-3/h4,7-9H,1,5-6H2,2-3H3/b8-7+. The van der Waals surface area contributed by atoms with Crippen LogP contribution in [0.25, 0.3) is 0 Å². The Kier molecular flexibility index (Phi) is 7.10. The summed E-state index contributed by atoms with van der Waals surface area (Å²) in [5.41, 5.74) is 0. The highest BCUT2D eigenvalue weighted by Gasteiger charge is 1.99. The number of rotatable bonds is 6. The smallest absolute Gasteiger partial charge is 0.177 e. The monoisotopic (exact) mass is 156 g/mol. The van der Waals surface area contributed by atoms with E-state index >= 15 is 0 Å². The number of hydrogen-bond acceptors (Lipinski definition) is 2. The predicted octanol–water partition coefficient (Wildman–Crippen LogP) is 2.13. The molecule has 0 heterocycles. The van der Waals surface area contributed by atoms with Gasteiger partial charge in [-0.2, -0.15) is 0 Å². The zero-order chi connectivity index (χ0) is 8.53. The van der Waals surface area contributed by atoms with Crippen LogP contribution in [0.3, 0.4) is 0 Å². The van der Waals surface area contributed by atoms with Crippen LogP contribution < -0.4 is 0 Å². The normalized spacial score (nSPS) is 11.2. The van der Waals surface area contributed by atoms with Crippen molar-refractivity contribution in [2.24, 2.45) is 0 Å². The van der Waals surface area contributed by atoms with Gasteiger partial charge in [-0.25, -0.2) is 0 Å². The molecule has 0 saturated carbocycles. The van der Waals surface area contributed by atoms with Crippen LogP contribution in [0.15, 0.2) is 24.8 Å². The lowest BCUT2D eigenvalue weighted by Gasteiger charge is -2.11. The Balaban J connectivity index is 3.67. The van der Waals surface area contributed by atoms with E-state index in [2.05, 4.69) is 6.58 Å². The van der Waals surface area contributed by atoms with Gasteiger partial charge < -0.3 is 9.47 Å². The Morgan fingerprint density at radius 3 is 2.18 bits per heavy atom. The molecule has 11 heavy (non-hydrogen) atoms. The van der Waals surface area contributed by atoms with E-state index in [0.29, 0.717) is 13.2 Å². The quantitative estimate of drug-likeness (QED) is 0.433. The van der Waals surface area contributed by atoms with Crippen molar-refractivity contribution in [2.45, 2.75) is 20.1 Å². The second-order valence-corrected chi connectivity index (χ2v) is 1.90. The Bertz CT molecular complexity index is 113. The van der Waals surface area contributed by atoms with Gasteiger partial charge in [0.2, 0.25) is 0 Å². The van der Waals surface area contributed by atoms with Gasteiger partial charge in [0.25, 0.3) is 0 Å². The Hall–Kier alpha value is -0.600. The van der Waals surface area contributed by atoms with Gasteiger partial charge in [0.05, 0.1) is 0 Å². The number of ether oxygens (including phenoxy) is 2. The summed E-state index contributed by atoms with van der Waals surface area (Å²) in [7, 11) is 0. The molecule has 0 bridgehead atoms. The van der Waals surface area contributed by atoms with Crippen molar-refractivity contribution in [2.75, 3.05) is 13.2 Å². The first-order chi connectivity index (χ1) is 5.35. The third-order valence-electron chi connectivity index (χ3n) is 1.07. The summed E-state index contributed by atoms with van der Waals surface area (Å²) < 4.78 is 10.5. The van der Waals surface area contributed by atoms with Crippen LogP contribution >= 0.6 is 0 Å². The summed E-state index contributed by atoms with van der Waals surface area (Å²) in [5, 5.41) is 0. The molecular formula is C9H16O2. The largest absolute Gasteiger partial charge is 0.349 e. The average molecular weight is 156 g/mol. The molecule has 0 spiro atoms. The topological polar surface area (TPSA) is 18.5 Å². The molecule has 0 aromatic carbocycles. The summed E-state index contributed by atoms with van der Waals surface area (Å²) in [6.07, 6.45) is 5.13. The molecule has 0 radical (unpaired) electrons. The maximum Gasteiger partial charge on any atom is 0.177 e. The van der Waals surface area contributed by atoms with Gasteiger partial charge in [-0.15, -0.1) is 0 Å². The fourth-order valence-electron chi connectivity index (χ4n) is 0.657. The molecular weight excluding hydrogens is 140 g/mol. The van der Waals surface area contributed by atoms with Crippen molar-refractivity contribution in [1.29, 1.82) is 0 Å². The molecule has 0 aromatic rings. The van der Waals surface area contributed by atoms with Gasteiger partial charge in [-0.3, -0.25) is 0 Å². The van der Waals surface area contributed by atoms with Crippen molar-refractivity contribution in [1.82, 2.24) is 0 Å². The molecule has 0 N–H and O–H groups in total. The van der Waals surface area contributed by atoms with Crippen LogP contribution in [-0.2, 0) is 9.47 Å². The second-order valence-electron chi connectivity index (χ2n) is 1.90.